The predicted molar refractivity (Wildman–Crippen MR) is 74.1 cm³/mol. The topological polar surface area (TPSA) is 66.4 Å². The van der Waals surface area contributed by atoms with Crippen molar-refractivity contribution in [1.82, 2.24) is 5.32 Å². The fourth-order valence-corrected chi connectivity index (χ4v) is 1.61. The van der Waals surface area contributed by atoms with Crippen molar-refractivity contribution in [3.8, 4) is 0 Å². The van der Waals surface area contributed by atoms with Crippen LogP contribution in [0, 0.1) is 11.8 Å². The summed E-state index contributed by atoms with van der Waals surface area (Å²) < 4.78 is 0. The normalized spacial score (nSPS) is 12.2. The molecule has 1 unspecified atom stereocenters. The molecule has 0 aromatic heterocycles. The molecule has 2 N–H and O–H groups in total. The van der Waals surface area contributed by atoms with E-state index in [9.17, 15) is 9.59 Å². The molecule has 19 heavy (non-hydrogen) atoms. The van der Waals surface area contributed by atoms with Crippen molar-refractivity contribution < 1.29 is 14.7 Å². The van der Waals surface area contributed by atoms with Crippen molar-refractivity contribution in [2.45, 2.75) is 27.2 Å². The third-order valence-electron chi connectivity index (χ3n) is 3.33. The molecule has 0 heterocycles. The monoisotopic (exact) mass is 263 g/mol. The summed E-state index contributed by atoms with van der Waals surface area (Å²) in [6.45, 7) is 6.54. The molecule has 1 amide bonds. The first-order valence-corrected chi connectivity index (χ1v) is 6.51. The van der Waals surface area contributed by atoms with E-state index in [0.717, 1.165) is 5.56 Å². The number of hydrogen-bond donors (Lipinski definition) is 2. The highest BCUT2D eigenvalue weighted by Crippen LogP contribution is 2.09. The molecule has 1 aromatic carbocycles. The Bertz CT molecular complexity index is 437. The Morgan fingerprint density at radius 2 is 1.74 bits per heavy atom. The third kappa shape index (κ3) is 4.73. The molecule has 0 bridgehead atoms. The summed E-state index contributed by atoms with van der Waals surface area (Å²) >= 11 is 0. The molecular weight excluding hydrogens is 242 g/mol. The number of hydrogen-bond acceptors (Lipinski definition) is 2. The van der Waals surface area contributed by atoms with Gasteiger partial charge in [0.15, 0.2) is 0 Å². The minimum atomic E-state index is -0.925. The Labute approximate surface area is 113 Å². The molecule has 1 rings (SSSR count). The average Bonchev–Trinajstić information content (AvgIpc) is 2.38. The SMILES string of the molecule is CC(C)C(C)C(=O)NCCc1ccc(C(=O)O)cc1. The lowest BCUT2D eigenvalue weighted by Gasteiger charge is -2.15. The zero-order chi connectivity index (χ0) is 14.4. The van der Waals surface area contributed by atoms with Gasteiger partial charge < -0.3 is 10.4 Å². The second-order valence-electron chi connectivity index (χ2n) is 5.08. The number of carbonyl (C=O) groups excluding carboxylic acids is 1. The van der Waals surface area contributed by atoms with E-state index in [0.29, 0.717) is 18.9 Å². The highest BCUT2D eigenvalue weighted by Gasteiger charge is 2.15. The maximum atomic E-state index is 11.7. The molecule has 104 valence electrons. The average molecular weight is 263 g/mol. The Morgan fingerprint density at radius 1 is 1.16 bits per heavy atom. The second kappa shape index (κ2) is 6.92. The van der Waals surface area contributed by atoms with Crippen LogP contribution in [0.4, 0.5) is 0 Å². The van der Waals surface area contributed by atoms with E-state index in [1.54, 1.807) is 24.3 Å². The van der Waals surface area contributed by atoms with Crippen LogP contribution in [0.1, 0.15) is 36.7 Å². The molecule has 0 aliphatic carbocycles. The molecule has 0 aliphatic heterocycles. The zero-order valence-corrected chi connectivity index (χ0v) is 11.6. The van der Waals surface area contributed by atoms with E-state index >= 15 is 0 Å². The Balaban J connectivity index is 2.41. The van der Waals surface area contributed by atoms with Crippen LogP contribution < -0.4 is 5.32 Å². The summed E-state index contributed by atoms with van der Waals surface area (Å²) in [5, 5.41) is 11.7. The lowest BCUT2D eigenvalue weighted by atomic mass is 9.97. The number of aromatic carboxylic acids is 1. The second-order valence-corrected chi connectivity index (χ2v) is 5.08. The first kappa shape index (κ1) is 15.2. The van der Waals surface area contributed by atoms with Gasteiger partial charge in [0.2, 0.25) is 5.91 Å². The fraction of sp³-hybridized carbons (Fsp3) is 0.467. The van der Waals surface area contributed by atoms with E-state index in [1.165, 1.54) is 0 Å². The fourth-order valence-electron chi connectivity index (χ4n) is 1.61. The summed E-state index contributed by atoms with van der Waals surface area (Å²) in [6, 6.07) is 6.72. The predicted octanol–water partition coefficient (Wildman–Crippen LogP) is 2.34. The molecule has 0 saturated carbocycles. The molecule has 4 heteroatoms. The lowest BCUT2D eigenvalue weighted by Crippen LogP contribution is -2.33. The van der Waals surface area contributed by atoms with Gasteiger partial charge in [0.05, 0.1) is 5.56 Å². The summed E-state index contributed by atoms with van der Waals surface area (Å²) in [6.07, 6.45) is 0.705. The van der Waals surface area contributed by atoms with Crippen LogP contribution in [-0.2, 0) is 11.2 Å². The first-order valence-electron chi connectivity index (χ1n) is 6.51. The molecule has 0 radical (unpaired) electrons. The number of amides is 1. The molecule has 1 atom stereocenters. The van der Waals surface area contributed by atoms with Crippen LogP contribution in [0.15, 0.2) is 24.3 Å². The summed E-state index contributed by atoms with van der Waals surface area (Å²) in [5.41, 5.74) is 1.30. The van der Waals surface area contributed by atoms with Gasteiger partial charge in [0.1, 0.15) is 0 Å². The number of carbonyl (C=O) groups is 2. The highest BCUT2D eigenvalue weighted by atomic mass is 16.4. The van der Waals surface area contributed by atoms with Gasteiger partial charge in [-0.3, -0.25) is 4.79 Å². The summed E-state index contributed by atoms with van der Waals surface area (Å²) in [5.74, 6) is -0.521. The number of carboxylic acid groups (broad SMARTS) is 1. The molecule has 0 aliphatic rings. The van der Waals surface area contributed by atoms with Crippen molar-refractivity contribution in [3.63, 3.8) is 0 Å². The van der Waals surface area contributed by atoms with Gasteiger partial charge in [-0.1, -0.05) is 32.9 Å². The van der Waals surface area contributed by atoms with Crippen LogP contribution >= 0.6 is 0 Å². The molecule has 0 saturated heterocycles. The van der Waals surface area contributed by atoms with Crippen molar-refractivity contribution in [2.75, 3.05) is 6.54 Å². The summed E-state index contributed by atoms with van der Waals surface area (Å²) in [7, 11) is 0. The zero-order valence-electron chi connectivity index (χ0n) is 11.6. The Hall–Kier alpha value is -1.84. The molecule has 0 spiro atoms. The maximum Gasteiger partial charge on any atom is 0.335 e. The number of benzene rings is 1. The minimum absolute atomic E-state index is 0.00869. The van der Waals surface area contributed by atoms with Gasteiger partial charge in [-0.25, -0.2) is 4.79 Å². The van der Waals surface area contributed by atoms with Gasteiger partial charge in [-0.2, -0.15) is 0 Å². The van der Waals surface area contributed by atoms with Crippen LogP contribution in [0.5, 0.6) is 0 Å². The number of carboxylic acids is 1. The standard InChI is InChI=1S/C15H21NO3/c1-10(2)11(3)14(17)16-9-8-12-4-6-13(7-5-12)15(18)19/h4-7,10-11H,8-9H2,1-3H3,(H,16,17)(H,18,19). The van der Waals surface area contributed by atoms with Crippen molar-refractivity contribution in [3.05, 3.63) is 35.4 Å². The lowest BCUT2D eigenvalue weighted by molar-refractivity contribution is -0.125. The number of rotatable bonds is 6. The van der Waals surface area contributed by atoms with Gasteiger partial charge in [-0.05, 0) is 30.0 Å². The Morgan fingerprint density at radius 3 is 2.21 bits per heavy atom. The van der Waals surface area contributed by atoms with Crippen molar-refractivity contribution in [1.29, 1.82) is 0 Å². The van der Waals surface area contributed by atoms with Crippen molar-refractivity contribution >= 4 is 11.9 Å². The van der Waals surface area contributed by atoms with Crippen LogP contribution in [0.25, 0.3) is 0 Å². The van der Waals surface area contributed by atoms with Gasteiger partial charge in [-0.15, -0.1) is 0 Å². The highest BCUT2D eigenvalue weighted by molar-refractivity contribution is 5.87. The molecule has 4 nitrogen and oxygen atoms in total. The maximum absolute atomic E-state index is 11.7. The molecular formula is C15H21NO3. The van der Waals surface area contributed by atoms with Gasteiger partial charge in [0, 0.05) is 12.5 Å². The van der Waals surface area contributed by atoms with Crippen LogP contribution in [0.2, 0.25) is 0 Å². The van der Waals surface area contributed by atoms with Gasteiger partial charge >= 0.3 is 5.97 Å². The Kier molecular flexibility index (Phi) is 5.55. The van der Waals surface area contributed by atoms with Gasteiger partial charge in [0.25, 0.3) is 0 Å². The van der Waals surface area contributed by atoms with Crippen LogP contribution in [-0.4, -0.2) is 23.5 Å². The third-order valence-corrected chi connectivity index (χ3v) is 3.33. The van der Waals surface area contributed by atoms with E-state index in [1.807, 2.05) is 20.8 Å². The van der Waals surface area contributed by atoms with Crippen LogP contribution in [0.3, 0.4) is 0 Å². The number of nitrogens with one attached hydrogen (secondary N) is 1. The molecule has 0 fully saturated rings. The molecule has 1 aromatic rings. The first-order chi connectivity index (χ1) is 8.91. The quantitative estimate of drug-likeness (QED) is 0.827. The smallest absolute Gasteiger partial charge is 0.335 e. The summed E-state index contributed by atoms with van der Waals surface area (Å²) in [4.78, 5) is 22.4. The van der Waals surface area contributed by atoms with E-state index < -0.39 is 5.97 Å². The van der Waals surface area contributed by atoms with E-state index in [4.69, 9.17) is 5.11 Å². The largest absolute Gasteiger partial charge is 0.478 e. The van der Waals surface area contributed by atoms with Crippen molar-refractivity contribution in [2.24, 2.45) is 11.8 Å². The van der Waals surface area contributed by atoms with E-state index in [-0.39, 0.29) is 17.4 Å². The minimum Gasteiger partial charge on any atom is -0.478 e. The van der Waals surface area contributed by atoms with E-state index in [2.05, 4.69) is 5.32 Å².